The second kappa shape index (κ2) is 15.2. The van der Waals surface area contributed by atoms with Crippen molar-refractivity contribution in [1.82, 2.24) is 35.1 Å². The van der Waals surface area contributed by atoms with Crippen LogP contribution in [0.25, 0.3) is 44.2 Å². The van der Waals surface area contributed by atoms with Gasteiger partial charge in [-0.2, -0.15) is 0 Å². The minimum absolute atomic E-state index is 0.0356. The molecular weight excluding hydrogens is 683 g/mol. The second-order valence-corrected chi connectivity index (χ2v) is 15.7. The number of amides is 3. The average Bonchev–Trinajstić information content (AvgIpc) is 3.99. The fourth-order valence-electron chi connectivity index (χ4n) is 7.81. The minimum atomic E-state index is -0.553. The van der Waals surface area contributed by atoms with Crippen LogP contribution in [0.1, 0.15) is 90.5 Å². The molecule has 0 saturated carbocycles. The number of fused-ring (bicyclic) bond motifs is 2. The Balaban J connectivity index is 1.07. The quantitative estimate of drug-likeness (QED) is 0.138. The predicted molar refractivity (Wildman–Crippen MR) is 209 cm³/mol. The molecule has 2 saturated heterocycles. The highest BCUT2D eigenvalue weighted by Crippen LogP contribution is 2.36. The van der Waals surface area contributed by atoms with Crippen molar-refractivity contribution < 1.29 is 23.9 Å². The Bertz CT molecular complexity index is 2170. The summed E-state index contributed by atoms with van der Waals surface area (Å²) in [5.74, 6) is 1.35. The van der Waals surface area contributed by atoms with Crippen LogP contribution in [0.15, 0.2) is 60.8 Å². The van der Waals surface area contributed by atoms with E-state index in [-0.39, 0.29) is 42.5 Å². The van der Waals surface area contributed by atoms with Crippen molar-refractivity contribution >= 4 is 39.9 Å². The summed E-state index contributed by atoms with van der Waals surface area (Å²) in [6, 6.07) is 18.8. The Morgan fingerprint density at radius 3 is 2.24 bits per heavy atom. The molecule has 2 aliphatic rings. The van der Waals surface area contributed by atoms with Crippen molar-refractivity contribution in [3.05, 3.63) is 72.4 Å². The molecule has 2 fully saturated rings. The first-order chi connectivity index (χ1) is 25.9. The van der Waals surface area contributed by atoms with E-state index >= 15 is 0 Å². The van der Waals surface area contributed by atoms with Gasteiger partial charge in [-0.3, -0.25) is 9.69 Å². The first kappa shape index (κ1) is 36.9. The smallest absolute Gasteiger partial charge is 0.410 e. The molecule has 4 heterocycles. The van der Waals surface area contributed by atoms with Gasteiger partial charge in [0.05, 0.1) is 48.0 Å². The monoisotopic (exact) mass is 733 g/mol. The third-order valence-corrected chi connectivity index (χ3v) is 10.9. The molecule has 2 aromatic heterocycles. The highest BCUT2D eigenvalue weighted by atomic mass is 16.6. The van der Waals surface area contributed by atoms with Crippen LogP contribution in [0.5, 0.6) is 0 Å². The summed E-state index contributed by atoms with van der Waals surface area (Å²) in [7, 11) is 1.33. The number of hydrogen-bond donors (Lipinski definition) is 3. The summed E-state index contributed by atoms with van der Waals surface area (Å²) < 4.78 is 10.4. The van der Waals surface area contributed by atoms with E-state index in [0.29, 0.717) is 13.1 Å². The molecule has 3 N–H and O–H groups in total. The normalized spacial score (nSPS) is 18.6. The summed E-state index contributed by atoms with van der Waals surface area (Å²) in [5, 5.41) is 4.96. The van der Waals surface area contributed by atoms with Crippen molar-refractivity contribution in [2.24, 2.45) is 11.8 Å². The second-order valence-electron chi connectivity index (χ2n) is 15.7. The van der Waals surface area contributed by atoms with E-state index in [1.165, 1.54) is 7.11 Å². The highest BCUT2D eigenvalue weighted by molar-refractivity contribution is 5.92. The zero-order valence-corrected chi connectivity index (χ0v) is 32.1. The van der Waals surface area contributed by atoms with Gasteiger partial charge in [0, 0.05) is 25.2 Å². The van der Waals surface area contributed by atoms with Crippen LogP contribution in [-0.4, -0.2) is 80.2 Å². The van der Waals surface area contributed by atoms with Gasteiger partial charge in [-0.05, 0) is 98.5 Å². The fourth-order valence-corrected chi connectivity index (χ4v) is 7.81. The SMILES string of the molecule is CC[C@H](C)[C@H](CNC(=O)OC)C(=O)N1CCC[C@H]1c1ncc(-c2ccc3cc(-c4ccc5nc([C@@H]6CCCN6C(=O)OC(C)(C)C)[nH]c5c4)ccc3c2)[nH]1. The molecule has 2 aliphatic heterocycles. The largest absolute Gasteiger partial charge is 0.453 e. The number of aromatic amines is 2. The van der Waals surface area contributed by atoms with Crippen LogP contribution in [-0.2, 0) is 14.3 Å². The molecule has 7 rings (SSSR count). The van der Waals surface area contributed by atoms with Crippen molar-refractivity contribution in [3.63, 3.8) is 0 Å². The van der Waals surface area contributed by atoms with Gasteiger partial charge in [0.15, 0.2) is 0 Å². The summed E-state index contributed by atoms with van der Waals surface area (Å²) in [6.07, 6.45) is 5.31. The molecule has 54 heavy (non-hydrogen) atoms. The van der Waals surface area contributed by atoms with E-state index in [9.17, 15) is 14.4 Å². The lowest BCUT2D eigenvalue weighted by Crippen LogP contribution is -2.44. The lowest BCUT2D eigenvalue weighted by molar-refractivity contribution is -0.138. The number of ether oxygens (including phenoxy) is 2. The standard InChI is InChI=1S/C42H51N7O5/c1-7-25(2)31(23-44-40(51)53-6)39(50)48-18-8-10-35(48)37-43-24-34(47-37)30-15-14-26-20-27(12-13-28(26)21-30)29-16-17-32-33(22-29)46-38(45-32)36-11-9-19-49(36)41(52)54-42(3,4)5/h12-17,20-22,24-25,31,35-36H,7-11,18-19,23H2,1-6H3,(H,43,47)(H,44,51)(H,45,46)/t25-,31-,35-,36-/m0/s1. The topological polar surface area (TPSA) is 146 Å². The number of carbonyl (C=O) groups is 3. The van der Waals surface area contributed by atoms with Gasteiger partial charge in [-0.1, -0.05) is 50.6 Å². The minimum Gasteiger partial charge on any atom is -0.453 e. The van der Waals surface area contributed by atoms with Crippen LogP contribution in [0.4, 0.5) is 9.59 Å². The maximum atomic E-state index is 13.8. The van der Waals surface area contributed by atoms with Gasteiger partial charge in [-0.25, -0.2) is 19.6 Å². The molecule has 0 spiro atoms. The lowest BCUT2D eigenvalue weighted by atomic mass is 9.90. The molecule has 0 bridgehead atoms. The molecule has 12 heteroatoms. The number of rotatable bonds is 9. The lowest BCUT2D eigenvalue weighted by Gasteiger charge is -2.30. The molecule has 12 nitrogen and oxygen atoms in total. The van der Waals surface area contributed by atoms with Crippen LogP contribution in [0.2, 0.25) is 0 Å². The van der Waals surface area contributed by atoms with Gasteiger partial charge >= 0.3 is 12.2 Å². The number of hydrogen-bond acceptors (Lipinski definition) is 7. The molecule has 284 valence electrons. The number of alkyl carbamates (subject to hydrolysis) is 1. The molecule has 0 radical (unpaired) electrons. The number of H-pyrrole nitrogens is 2. The van der Waals surface area contributed by atoms with Gasteiger partial charge in [-0.15, -0.1) is 0 Å². The van der Waals surface area contributed by atoms with Crippen molar-refractivity contribution in [2.45, 2.75) is 84.4 Å². The maximum absolute atomic E-state index is 13.8. The summed E-state index contributed by atoms with van der Waals surface area (Å²) in [4.78, 5) is 58.9. The first-order valence-electron chi connectivity index (χ1n) is 19.1. The third-order valence-electron chi connectivity index (χ3n) is 10.9. The Labute approximate surface area is 316 Å². The van der Waals surface area contributed by atoms with E-state index in [1.54, 1.807) is 4.90 Å². The highest BCUT2D eigenvalue weighted by Gasteiger charge is 2.38. The van der Waals surface area contributed by atoms with E-state index in [0.717, 1.165) is 87.9 Å². The van der Waals surface area contributed by atoms with E-state index in [4.69, 9.17) is 19.4 Å². The van der Waals surface area contributed by atoms with Crippen LogP contribution < -0.4 is 5.32 Å². The molecule has 3 amide bonds. The van der Waals surface area contributed by atoms with Crippen molar-refractivity contribution in [3.8, 4) is 22.4 Å². The number of imidazole rings is 2. The fraction of sp³-hybridized carbons (Fsp3) is 0.452. The maximum Gasteiger partial charge on any atom is 0.410 e. The van der Waals surface area contributed by atoms with Gasteiger partial charge in [0.25, 0.3) is 0 Å². The Hall–Kier alpha value is -5.39. The van der Waals surface area contributed by atoms with Crippen molar-refractivity contribution in [1.29, 1.82) is 0 Å². The van der Waals surface area contributed by atoms with E-state index < -0.39 is 11.7 Å². The van der Waals surface area contributed by atoms with Gasteiger partial charge < -0.3 is 29.7 Å². The number of methoxy groups -OCH3 is 1. The predicted octanol–water partition coefficient (Wildman–Crippen LogP) is 8.53. The average molecular weight is 734 g/mol. The first-order valence-corrected chi connectivity index (χ1v) is 19.1. The molecule has 0 aliphatic carbocycles. The summed E-state index contributed by atoms with van der Waals surface area (Å²) in [5.41, 5.74) is 5.33. The van der Waals surface area contributed by atoms with Gasteiger partial charge in [0.2, 0.25) is 5.91 Å². The molecule has 3 aromatic carbocycles. The van der Waals surface area contributed by atoms with Gasteiger partial charge in [0.1, 0.15) is 17.2 Å². The number of nitrogens with zero attached hydrogens (tertiary/aromatic N) is 4. The number of likely N-dealkylation sites (tertiary alicyclic amines) is 2. The number of nitrogens with one attached hydrogen (secondary N) is 3. The molecule has 5 aromatic rings. The molecule has 0 unspecified atom stereocenters. The number of carbonyl (C=O) groups excluding carboxylic acids is 3. The Morgan fingerprint density at radius 2 is 1.54 bits per heavy atom. The Kier molecular flexibility index (Phi) is 10.4. The molecule has 4 atom stereocenters. The van der Waals surface area contributed by atoms with E-state index in [1.807, 2.05) is 44.9 Å². The third kappa shape index (κ3) is 7.65. The van der Waals surface area contributed by atoms with Crippen molar-refractivity contribution in [2.75, 3.05) is 26.7 Å². The zero-order chi connectivity index (χ0) is 38.1. The molecular formula is C42H51N7O5. The number of benzene rings is 3. The van der Waals surface area contributed by atoms with Crippen LogP contribution in [0.3, 0.4) is 0 Å². The van der Waals surface area contributed by atoms with E-state index in [2.05, 4.69) is 70.7 Å². The number of aromatic nitrogens is 4. The summed E-state index contributed by atoms with van der Waals surface area (Å²) >= 11 is 0. The van der Waals surface area contributed by atoms with Crippen LogP contribution >= 0.6 is 0 Å². The Morgan fingerprint density at radius 1 is 0.889 bits per heavy atom. The zero-order valence-electron chi connectivity index (χ0n) is 32.1. The van der Waals surface area contributed by atoms with Crippen LogP contribution in [0, 0.1) is 11.8 Å². The summed E-state index contributed by atoms with van der Waals surface area (Å²) in [6.45, 7) is 11.3.